The van der Waals surface area contributed by atoms with E-state index in [0.717, 1.165) is 17.7 Å². The molecule has 1 aromatic rings. The van der Waals surface area contributed by atoms with Gasteiger partial charge in [0.2, 0.25) is 5.91 Å². The molecule has 0 saturated carbocycles. The summed E-state index contributed by atoms with van der Waals surface area (Å²) >= 11 is 1.49. The zero-order valence-corrected chi connectivity index (χ0v) is 14.1. The fourth-order valence-electron chi connectivity index (χ4n) is 2.44. The Morgan fingerprint density at radius 1 is 1.48 bits per heavy atom. The number of carbonyl (C=O) groups excluding carboxylic acids is 1. The van der Waals surface area contributed by atoms with Gasteiger partial charge in [0.15, 0.2) is 11.5 Å². The summed E-state index contributed by atoms with van der Waals surface area (Å²) in [6.07, 6.45) is 1.18. The van der Waals surface area contributed by atoms with Crippen LogP contribution in [0.4, 0.5) is 0 Å². The maximum atomic E-state index is 12.0. The first-order chi connectivity index (χ1) is 11.1. The molecular weight excluding hydrogens is 312 g/mol. The minimum Gasteiger partial charge on any atom is -0.504 e. The second kappa shape index (κ2) is 7.93. The number of phenols is 1. The third-order valence-electron chi connectivity index (χ3n) is 3.49. The minimum atomic E-state index is -0.312. The number of allylic oxidation sites excluding steroid dienone is 1. The van der Waals surface area contributed by atoms with E-state index in [2.05, 4.69) is 18.3 Å². The predicted molar refractivity (Wildman–Crippen MR) is 90.2 cm³/mol. The van der Waals surface area contributed by atoms with Crippen LogP contribution < -0.4 is 10.1 Å². The second-order valence-electron chi connectivity index (χ2n) is 5.17. The van der Waals surface area contributed by atoms with Crippen molar-refractivity contribution in [2.24, 2.45) is 0 Å². The number of carbonyl (C=O) groups is 1. The lowest BCUT2D eigenvalue weighted by atomic mass is 9.87. The van der Waals surface area contributed by atoms with Crippen molar-refractivity contribution in [3.8, 4) is 17.6 Å². The highest BCUT2D eigenvalue weighted by atomic mass is 32.2. The van der Waals surface area contributed by atoms with Crippen molar-refractivity contribution in [3.05, 3.63) is 34.4 Å². The molecule has 1 heterocycles. The zero-order valence-electron chi connectivity index (χ0n) is 13.3. The molecule has 0 aromatic heterocycles. The molecule has 2 N–H and O–H groups in total. The van der Waals surface area contributed by atoms with Crippen LogP contribution in [0.3, 0.4) is 0 Å². The molecule has 2 rings (SSSR count). The van der Waals surface area contributed by atoms with Gasteiger partial charge in [-0.2, -0.15) is 5.26 Å². The molecule has 23 heavy (non-hydrogen) atoms. The Morgan fingerprint density at radius 3 is 2.91 bits per heavy atom. The number of nitrogens with zero attached hydrogens (tertiary/aromatic N) is 1. The molecule has 0 saturated heterocycles. The van der Waals surface area contributed by atoms with Gasteiger partial charge in [-0.05, 0) is 36.8 Å². The number of thioether (sulfide) groups is 1. The summed E-state index contributed by atoms with van der Waals surface area (Å²) in [6.45, 7) is 4.32. The summed E-state index contributed by atoms with van der Waals surface area (Å²) in [5, 5.41) is 22.8. The van der Waals surface area contributed by atoms with Gasteiger partial charge in [0.25, 0.3) is 0 Å². The van der Waals surface area contributed by atoms with Gasteiger partial charge in [0, 0.05) is 12.3 Å². The van der Waals surface area contributed by atoms with Crippen LogP contribution >= 0.6 is 11.8 Å². The van der Waals surface area contributed by atoms with Crippen LogP contribution in [0.5, 0.6) is 11.5 Å². The summed E-state index contributed by atoms with van der Waals surface area (Å²) < 4.78 is 5.40. The molecule has 0 fully saturated rings. The van der Waals surface area contributed by atoms with E-state index in [1.165, 1.54) is 11.8 Å². The van der Waals surface area contributed by atoms with Gasteiger partial charge in [-0.1, -0.05) is 13.0 Å². The van der Waals surface area contributed by atoms with Crippen LogP contribution in [-0.2, 0) is 4.79 Å². The highest BCUT2D eigenvalue weighted by Gasteiger charge is 2.30. The summed E-state index contributed by atoms with van der Waals surface area (Å²) in [7, 11) is 0. The van der Waals surface area contributed by atoms with Gasteiger partial charge in [-0.25, -0.2) is 0 Å². The maximum Gasteiger partial charge on any atom is 0.225 e. The van der Waals surface area contributed by atoms with Gasteiger partial charge in [0.1, 0.15) is 0 Å². The van der Waals surface area contributed by atoms with Gasteiger partial charge in [-0.3, -0.25) is 4.79 Å². The van der Waals surface area contributed by atoms with E-state index in [1.54, 1.807) is 18.2 Å². The minimum absolute atomic E-state index is 0.0546. The lowest BCUT2D eigenvalue weighted by Gasteiger charge is -2.25. The van der Waals surface area contributed by atoms with Crippen molar-refractivity contribution in [3.63, 3.8) is 0 Å². The Labute approximate surface area is 140 Å². The fraction of sp³-hybridized carbons (Fsp3) is 0.412. The molecule has 1 amide bonds. The van der Waals surface area contributed by atoms with Crippen LogP contribution in [-0.4, -0.2) is 23.4 Å². The van der Waals surface area contributed by atoms with Gasteiger partial charge >= 0.3 is 0 Å². The molecule has 0 radical (unpaired) electrons. The average Bonchev–Trinajstić information content (AvgIpc) is 2.54. The van der Waals surface area contributed by atoms with Crippen molar-refractivity contribution >= 4 is 17.7 Å². The zero-order chi connectivity index (χ0) is 16.8. The Morgan fingerprint density at radius 2 is 2.26 bits per heavy atom. The van der Waals surface area contributed by atoms with E-state index in [4.69, 9.17) is 4.74 Å². The van der Waals surface area contributed by atoms with Crippen LogP contribution in [0.25, 0.3) is 0 Å². The van der Waals surface area contributed by atoms with E-state index in [-0.39, 0.29) is 24.0 Å². The Kier molecular flexibility index (Phi) is 5.94. The predicted octanol–water partition coefficient (Wildman–Crippen LogP) is 3.27. The Balaban J connectivity index is 2.41. The number of aromatic hydroxyl groups is 1. The SMILES string of the molecule is CCCSC1=C(C#N)C(c2ccc(O)c(OCC)c2)CC(=O)N1. The van der Waals surface area contributed by atoms with Gasteiger partial charge in [0.05, 0.1) is 23.3 Å². The first-order valence-electron chi connectivity index (χ1n) is 7.63. The van der Waals surface area contributed by atoms with Crippen molar-refractivity contribution < 1.29 is 14.6 Å². The number of rotatable bonds is 6. The molecule has 1 aliphatic rings. The number of nitrogens with one attached hydrogen (secondary N) is 1. The molecule has 1 aromatic carbocycles. The summed E-state index contributed by atoms with van der Waals surface area (Å²) in [5.74, 6) is 0.856. The Bertz CT molecular complexity index is 664. The van der Waals surface area contributed by atoms with E-state index >= 15 is 0 Å². The van der Waals surface area contributed by atoms with E-state index < -0.39 is 0 Å². The molecule has 5 nitrogen and oxygen atoms in total. The third-order valence-corrected chi connectivity index (χ3v) is 4.72. The first-order valence-corrected chi connectivity index (χ1v) is 8.61. The fourth-order valence-corrected chi connectivity index (χ4v) is 3.38. The number of benzene rings is 1. The van der Waals surface area contributed by atoms with Gasteiger partial charge in [-0.15, -0.1) is 11.8 Å². The quantitative estimate of drug-likeness (QED) is 0.835. The van der Waals surface area contributed by atoms with Crippen LogP contribution in [0, 0.1) is 11.3 Å². The lowest BCUT2D eigenvalue weighted by molar-refractivity contribution is -0.120. The van der Waals surface area contributed by atoms with Crippen LogP contribution in [0.1, 0.15) is 38.2 Å². The number of nitriles is 1. The van der Waals surface area contributed by atoms with E-state index in [9.17, 15) is 15.2 Å². The second-order valence-corrected chi connectivity index (χ2v) is 6.27. The van der Waals surface area contributed by atoms with Crippen LogP contribution in [0.2, 0.25) is 0 Å². The maximum absolute atomic E-state index is 12.0. The average molecular weight is 332 g/mol. The number of amides is 1. The standard InChI is InChI=1S/C17H20N2O3S/c1-3-7-23-17-13(10-18)12(9-16(21)19-17)11-5-6-14(20)15(8-11)22-4-2/h5-6,8,12,20H,3-4,7,9H2,1-2H3,(H,19,21). The summed E-state index contributed by atoms with van der Waals surface area (Å²) in [6, 6.07) is 7.23. The largest absolute Gasteiger partial charge is 0.504 e. The molecular formula is C17H20N2O3S. The highest BCUT2D eigenvalue weighted by Crippen LogP contribution is 2.39. The monoisotopic (exact) mass is 332 g/mol. The molecule has 1 atom stereocenters. The molecule has 1 unspecified atom stereocenters. The van der Waals surface area contributed by atoms with Crippen molar-refractivity contribution in [2.45, 2.75) is 32.6 Å². The molecule has 0 aliphatic carbocycles. The van der Waals surface area contributed by atoms with E-state index in [0.29, 0.717) is 23.0 Å². The van der Waals surface area contributed by atoms with Crippen molar-refractivity contribution in [2.75, 3.05) is 12.4 Å². The van der Waals surface area contributed by atoms with Gasteiger partial charge < -0.3 is 15.2 Å². The van der Waals surface area contributed by atoms with Crippen molar-refractivity contribution in [1.82, 2.24) is 5.32 Å². The molecule has 122 valence electrons. The first kappa shape index (κ1) is 17.2. The number of phenolic OH excluding ortho intramolecular Hbond substituents is 1. The molecule has 1 aliphatic heterocycles. The topological polar surface area (TPSA) is 82.3 Å². The summed E-state index contributed by atoms with van der Waals surface area (Å²) in [4.78, 5) is 12.0. The smallest absolute Gasteiger partial charge is 0.225 e. The highest BCUT2D eigenvalue weighted by molar-refractivity contribution is 8.03. The van der Waals surface area contributed by atoms with Crippen LogP contribution in [0.15, 0.2) is 28.8 Å². The number of hydrogen-bond acceptors (Lipinski definition) is 5. The molecule has 0 spiro atoms. The number of hydrogen-bond donors (Lipinski definition) is 2. The summed E-state index contributed by atoms with van der Waals surface area (Å²) in [5.41, 5.74) is 1.36. The van der Waals surface area contributed by atoms with E-state index in [1.807, 2.05) is 6.92 Å². The molecule has 6 heteroatoms. The van der Waals surface area contributed by atoms with Crippen molar-refractivity contribution in [1.29, 1.82) is 5.26 Å². The lowest BCUT2D eigenvalue weighted by Crippen LogP contribution is -2.30. The normalized spacial score (nSPS) is 17.6. The Hall–Kier alpha value is -2.13. The number of ether oxygens (including phenoxy) is 1. The third kappa shape index (κ3) is 3.99. The molecule has 0 bridgehead atoms.